The van der Waals surface area contributed by atoms with Gasteiger partial charge in [0.25, 0.3) is 0 Å². The summed E-state index contributed by atoms with van der Waals surface area (Å²) in [5.74, 6) is -0.869. The molecule has 0 rings (SSSR count). The van der Waals surface area contributed by atoms with E-state index in [0.717, 1.165) is 83.5 Å². The number of ether oxygens (including phenoxy) is 3. The Bertz CT molecular complexity index is 1490. The highest BCUT2D eigenvalue weighted by atomic mass is 16.6. The minimum Gasteiger partial charge on any atom is -0.462 e. The number of allylic oxidation sites excluding steroid dienone is 12. The lowest BCUT2D eigenvalue weighted by Crippen LogP contribution is -2.30. The summed E-state index contributed by atoms with van der Waals surface area (Å²) in [6.07, 6.45) is 90.6. The molecule has 0 aliphatic rings. The molecular formula is C75H134O6. The molecule has 0 aliphatic carbocycles. The second kappa shape index (κ2) is 69.3. The fourth-order valence-corrected chi connectivity index (χ4v) is 10.3. The summed E-state index contributed by atoms with van der Waals surface area (Å²) in [5, 5.41) is 0. The van der Waals surface area contributed by atoms with Crippen LogP contribution in [0, 0.1) is 0 Å². The quantitative estimate of drug-likeness (QED) is 0.0261. The van der Waals surface area contributed by atoms with Gasteiger partial charge >= 0.3 is 17.9 Å². The summed E-state index contributed by atoms with van der Waals surface area (Å²) in [6.45, 7) is 6.64. The summed E-state index contributed by atoms with van der Waals surface area (Å²) in [7, 11) is 0. The number of esters is 3. The van der Waals surface area contributed by atoms with Gasteiger partial charge in [-0.1, -0.05) is 306 Å². The number of carbonyl (C=O) groups is 3. The van der Waals surface area contributed by atoms with Gasteiger partial charge in [-0.15, -0.1) is 0 Å². The van der Waals surface area contributed by atoms with Crippen LogP contribution >= 0.6 is 0 Å². The van der Waals surface area contributed by atoms with E-state index in [-0.39, 0.29) is 31.1 Å². The van der Waals surface area contributed by atoms with Crippen LogP contribution in [0.25, 0.3) is 0 Å². The highest BCUT2D eigenvalue weighted by Crippen LogP contribution is 2.17. The van der Waals surface area contributed by atoms with Gasteiger partial charge in [0.2, 0.25) is 0 Å². The fraction of sp³-hybridized carbons (Fsp3) is 0.800. The Morgan fingerprint density at radius 1 is 0.247 bits per heavy atom. The molecule has 0 spiro atoms. The third-order valence-electron chi connectivity index (χ3n) is 15.7. The molecule has 6 heteroatoms. The lowest BCUT2D eigenvalue weighted by atomic mass is 10.0. The molecule has 0 saturated carbocycles. The molecule has 1 unspecified atom stereocenters. The standard InChI is InChI=1S/C75H134O6/c1-4-7-10-13-16-19-22-25-28-31-33-34-35-36-37-38-39-40-42-44-47-50-53-56-59-62-65-68-74(77)80-71-72(70-79-73(76)67-64-61-58-55-52-49-46-43-30-27-24-21-18-15-12-9-6-3)81-75(78)69-66-63-60-57-54-51-48-45-41-32-29-26-23-20-17-14-11-8-5-2/h18,21-22,25-27,29-31,33,35-36,72H,4-17,19-20,23-24,28,32,34,37-71H2,1-3H3/b21-18-,25-22-,29-26-,30-27-,33-31-,36-35-. The van der Waals surface area contributed by atoms with Crippen LogP contribution in [0.3, 0.4) is 0 Å². The van der Waals surface area contributed by atoms with Crippen molar-refractivity contribution in [3.63, 3.8) is 0 Å². The second-order valence-electron chi connectivity index (χ2n) is 23.8. The van der Waals surface area contributed by atoms with E-state index < -0.39 is 6.10 Å². The summed E-state index contributed by atoms with van der Waals surface area (Å²) in [6, 6.07) is 0. The normalized spacial score (nSPS) is 12.5. The van der Waals surface area contributed by atoms with Crippen LogP contribution in [-0.4, -0.2) is 37.2 Å². The highest BCUT2D eigenvalue weighted by Gasteiger charge is 2.19. The van der Waals surface area contributed by atoms with E-state index >= 15 is 0 Å². The van der Waals surface area contributed by atoms with Crippen molar-refractivity contribution in [3.8, 4) is 0 Å². The third-order valence-corrected chi connectivity index (χ3v) is 15.7. The number of rotatable bonds is 65. The van der Waals surface area contributed by atoms with Gasteiger partial charge < -0.3 is 14.2 Å². The monoisotopic (exact) mass is 1130 g/mol. The van der Waals surface area contributed by atoms with E-state index in [1.165, 1.54) is 244 Å². The number of unbranched alkanes of at least 4 members (excludes halogenated alkanes) is 42. The predicted octanol–water partition coefficient (Wildman–Crippen LogP) is 24.4. The van der Waals surface area contributed by atoms with Crippen molar-refractivity contribution in [2.75, 3.05) is 13.2 Å². The van der Waals surface area contributed by atoms with Crippen LogP contribution in [0.2, 0.25) is 0 Å². The zero-order valence-electron chi connectivity index (χ0n) is 54.1. The average Bonchev–Trinajstić information content (AvgIpc) is 3.47. The maximum absolute atomic E-state index is 13.0. The molecule has 0 heterocycles. The van der Waals surface area contributed by atoms with Crippen LogP contribution in [0.5, 0.6) is 0 Å². The average molecular weight is 1130 g/mol. The van der Waals surface area contributed by atoms with Crippen LogP contribution in [0.15, 0.2) is 72.9 Å². The lowest BCUT2D eigenvalue weighted by Gasteiger charge is -2.18. The van der Waals surface area contributed by atoms with E-state index in [4.69, 9.17) is 14.2 Å². The Labute approximate surface area is 503 Å². The molecule has 0 bridgehead atoms. The minimum absolute atomic E-state index is 0.0774. The van der Waals surface area contributed by atoms with Crippen LogP contribution in [0.1, 0.15) is 367 Å². The van der Waals surface area contributed by atoms with Gasteiger partial charge in [0.05, 0.1) is 0 Å². The molecule has 0 saturated heterocycles. The van der Waals surface area contributed by atoms with Gasteiger partial charge in [0, 0.05) is 19.3 Å². The Balaban J connectivity index is 4.32. The molecule has 0 aromatic heterocycles. The molecule has 0 fully saturated rings. The van der Waals surface area contributed by atoms with E-state index in [9.17, 15) is 14.4 Å². The minimum atomic E-state index is -0.782. The molecule has 0 N–H and O–H groups in total. The van der Waals surface area contributed by atoms with Crippen molar-refractivity contribution in [2.45, 2.75) is 374 Å². The lowest BCUT2D eigenvalue weighted by molar-refractivity contribution is -0.167. The molecule has 0 aromatic rings. The van der Waals surface area contributed by atoms with Gasteiger partial charge in [-0.05, 0) is 116 Å². The summed E-state index contributed by atoms with van der Waals surface area (Å²) < 4.78 is 17.0. The van der Waals surface area contributed by atoms with Gasteiger partial charge in [0.15, 0.2) is 6.10 Å². The molecule has 0 amide bonds. The first-order chi connectivity index (χ1) is 40.0. The van der Waals surface area contributed by atoms with Gasteiger partial charge in [-0.3, -0.25) is 14.4 Å². The molecular weight excluding hydrogens is 997 g/mol. The molecule has 81 heavy (non-hydrogen) atoms. The Kier molecular flexibility index (Phi) is 66.6. The first kappa shape index (κ1) is 77.9. The van der Waals surface area contributed by atoms with E-state index in [2.05, 4.69) is 93.7 Å². The van der Waals surface area contributed by atoms with Crippen molar-refractivity contribution < 1.29 is 28.6 Å². The summed E-state index contributed by atoms with van der Waals surface area (Å²) in [4.78, 5) is 38.5. The van der Waals surface area contributed by atoms with Crippen LogP contribution < -0.4 is 0 Å². The number of hydrogen-bond donors (Lipinski definition) is 0. The molecule has 0 aliphatic heterocycles. The zero-order chi connectivity index (χ0) is 58.5. The SMILES string of the molecule is CCCCC/C=C\C/C=C\CCCCCCCCCC(=O)OCC(COC(=O)CCCCCCCCCCCCCC/C=C\C/C=C\C/C=C\CCCCCCC)OC(=O)CCCCCCCCCCC/C=C\CCCCCCCC. The Hall–Kier alpha value is -3.15. The highest BCUT2D eigenvalue weighted by molar-refractivity contribution is 5.71. The van der Waals surface area contributed by atoms with Gasteiger partial charge in [-0.2, -0.15) is 0 Å². The second-order valence-corrected chi connectivity index (χ2v) is 23.8. The predicted molar refractivity (Wildman–Crippen MR) is 353 cm³/mol. The maximum Gasteiger partial charge on any atom is 0.306 e. The van der Waals surface area contributed by atoms with Crippen LogP contribution in [0.4, 0.5) is 0 Å². The molecule has 0 aromatic carbocycles. The zero-order valence-corrected chi connectivity index (χ0v) is 54.1. The van der Waals surface area contributed by atoms with E-state index in [0.29, 0.717) is 19.3 Å². The van der Waals surface area contributed by atoms with Crippen LogP contribution in [-0.2, 0) is 28.6 Å². The molecule has 6 nitrogen and oxygen atoms in total. The summed E-state index contributed by atoms with van der Waals surface area (Å²) >= 11 is 0. The third kappa shape index (κ3) is 67.5. The van der Waals surface area contributed by atoms with Gasteiger partial charge in [0.1, 0.15) is 13.2 Å². The summed E-state index contributed by atoms with van der Waals surface area (Å²) in [5.41, 5.74) is 0. The maximum atomic E-state index is 13.0. The van der Waals surface area contributed by atoms with Crippen molar-refractivity contribution in [2.24, 2.45) is 0 Å². The van der Waals surface area contributed by atoms with Crippen molar-refractivity contribution in [1.82, 2.24) is 0 Å². The van der Waals surface area contributed by atoms with Crippen molar-refractivity contribution in [3.05, 3.63) is 72.9 Å². The fourth-order valence-electron chi connectivity index (χ4n) is 10.3. The smallest absolute Gasteiger partial charge is 0.306 e. The molecule has 470 valence electrons. The first-order valence-electron chi connectivity index (χ1n) is 35.4. The van der Waals surface area contributed by atoms with E-state index in [1.807, 2.05) is 0 Å². The van der Waals surface area contributed by atoms with Crippen molar-refractivity contribution in [1.29, 1.82) is 0 Å². The molecule has 1 atom stereocenters. The van der Waals surface area contributed by atoms with E-state index in [1.54, 1.807) is 0 Å². The molecule has 0 radical (unpaired) electrons. The largest absolute Gasteiger partial charge is 0.462 e. The number of hydrogen-bond acceptors (Lipinski definition) is 6. The van der Waals surface area contributed by atoms with Crippen molar-refractivity contribution >= 4 is 17.9 Å². The first-order valence-corrected chi connectivity index (χ1v) is 35.4. The Morgan fingerprint density at radius 2 is 0.444 bits per heavy atom. The number of carbonyl (C=O) groups excluding carboxylic acids is 3. The topological polar surface area (TPSA) is 78.9 Å². The van der Waals surface area contributed by atoms with Gasteiger partial charge in [-0.25, -0.2) is 0 Å². The Morgan fingerprint density at radius 3 is 0.728 bits per heavy atom.